The van der Waals surface area contributed by atoms with E-state index in [0.717, 1.165) is 18.7 Å². The van der Waals surface area contributed by atoms with Crippen molar-refractivity contribution in [2.45, 2.75) is 19.9 Å². The molecule has 0 heterocycles. The Morgan fingerprint density at radius 3 is 2.86 bits per heavy atom. The largest absolute Gasteiger partial charge is 0.398 e. The predicted octanol–water partition coefficient (Wildman–Crippen LogP) is 0.913. The second-order valence-electron chi connectivity index (χ2n) is 3.24. The van der Waals surface area contributed by atoms with Gasteiger partial charge in [0, 0.05) is 18.8 Å². The van der Waals surface area contributed by atoms with E-state index < -0.39 is 0 Å². The number of anilines is 1. The van der Waals surface area contributed by atoms with Crippen LogP contribution >= 0.6 is 0 Å². The third-order valence-corrected chi connectivity index (χ3v) is 2.27. The molecule has 0 aliphatic rings. The first-order valence-corrected chi connectivity index (χ1v) is 4.97. The highest BCUT2D eigenvalue weighted by atomic mass is 16.3. The van der Waals surface area contributed by atoms with E-state index >= 15 is 0 Å². The summed E-state index contributed by atoms with van der Waals surface area (Å²) in [5, 5.41) is 11.8. The molecular weight excluding hydrogens is 176 g/mol. The average molecular weight is 194 g/mol. The Morgan fingerprint density at radius 2 is 2.21 bits per heavy atom. The Morgan fingerprint density at radius 1 is 1.43 bits per heavy atom. The summed E-state index contributed by atoms with van der Waals surface area (Å²) >= 11 is 0. The second kappa shape index (κ2) is 5.62. The minimum Gasteiger partial charge on any atom is -0.398 e. The van der Waals surface area contributed by atoms with E-state index in [0.29, 0.717) is 6.54 Å². The molecule has 78 valence electrons. The van der Waals surface area contributed by atoms with Gasteiger partial charge in [0.15, 0.2) is 0 Å². The van der Waals surface area contributed by atoms with Crippen molar-refractivity contribution in [3.63, 3.8) is 0 Å². The monoisotopic (exact) mass is 194 g/mol. The Hall–Kier alpha value is -1.06. The van der Waals surface area contributed by atoms with Crippen LogP contribution in [0.25, 0.3) is 0 Å². The van der Waals surface area contributed by atoms with E-state index in [9.17, 15) is 0 Å². The maximum Gasteiger partial charge on any atom is 0.0556 e. The van der Waals surface area contributed by atoms with Gasteiger partial charge in [0.05, 0.1) is 6.61 Å². The summed E-state index contributed by atoms with van der Waals surface area (Å²) in [6.07, 6.45) is 0.947. The van der Waals surface area contributed by atoms with Crippen molar-refractivity contribution in [3.05, 3.63) is 29.3 Å². The van der Waals surface area contributed by atoms with Gasteiger partial charge in [0.25, 0.3) is 0 Å². The number of rotatable bonds is 5. The van der Waals surface area contributed by atoms with Gasteiger partial charge in [-0.2, -0.15) is 0 Å². The summed E-state index contributed by atoms with van der Waals surface area (Å²) < 4.78 is 0. The van der Waals surface area contributed by atoms with Gasteiger partial charge in [0.2, 0.25) is 0 Å². The lowest BCUT2D eigenvalue weighted by molar-refractivity contribution is 0.292. The van der Waals surface area contributed by atoms with Gasteiger partial charge in [-0.15, -0.1) is 0 Å². The van der Waals surface area contributed by atoms with Gasteiger partial charge >= 0.3 is 0 Å². The van der Waals surface area contributed by atoms with Crippen LogP contribution in [0.5, 0.6) is 0 Å². The molecule has 1 rings (SSSR count). The number of nitrogen functional groups attached to an aromatic ring is 1. The molecule has 0 saturated heterocycles. The number of hydrogen-bond donors (Lipinski definition) is 3. The first kappa shape index (κ1) is 11.0. The van der Waals surface area contributed by atoms with Crippen LogP contribution in [0.2, 0.25) is 0 Å². The Labute approximate surface area is 84.9 Å². The summed E-state index contributed by atoms with van der Waals surface area (Å²) in [7, 11) is 0. The quantitative estimate of drug-likeness (QED) is 0.482. The predicted molar refractivity (Wildman–Crippen MR) is 59.0 cm³/mol. The number of aliphatic hydroxyl groups excluding tert-OH is 1. The van der Waals surface area contributed by atoms with Crippen molar-refractivity contribution >= 4 is 5.69 Å². The smallest absolute Gasteiger partial charge is 0.0556 e. The molecule has 1 aromatic carbocycles. The zero-order valence-electron chi connectivity index (χ0n) is 8.59. The maximum atomic E-state index is 8.64. The van der Waals surface area contributed by atoms with Crippen LogP contribution < -0.4 is 11.1 Å². The van der Waals surface area contributed by atoms with Crippen LogP contribution in [-0.2, 0) is 13.0 Å². The van der Waals surface area contributed by atoms with E-state index in [2.05, 4.69) is 18.3 Å². The number of benzene rings is 1. The summed E-state index contributed by atoms with van der Waals surface area (Å²) in [6, 6.07) is 5.96. The van der Waals surface area contributed by atoms with Crippen molar-refractivity contribution in [1.82, 2.24) is 5.32 Å². The minimum absolute atomic E-state index is 0.170. The minimum atomic E-state index is 0.170. The fraction of sp³-hybridized carbons (Fsp3) is 0.455. The van der Waals surface area contributed by atoms with E-state index in [4.69, 9.17) is 10.8 Å². The molecule has 0 bridgehead atoms. The molecule has 0 saturated carbocycles. The molecule has 0 spiro atoms. The van der Waals surface area contributed by atoms with Gasteiger partial charge in [0.1, 0.15) is 0 Å². The molecule has 3 heteroatoms. The second-order valence-corrected chi connectivity index (χ2v) is 3.24. The fourth-order valence-corrected chi connectivity index (χ4v) is 1.55. The van der Waals surface area contributed by atoms with Gasteiger partial charge < -0.3 is 16.2 Å². The molecule has 4 N–H and O–H groups in total. The van der Waals surface area contributed by atoms with Crippen LogP contribution in [0.3, 0.4) is 0 Å². The highest BCUT2D eigenvalue weighted by Gasteiger charge is 2.02. The van der Waals surface area contributed by atoms with Crippen molar-refractivity contribution in [3.8, 4) is 0 Å². The highest BCUT2D eigenvalue weighted by Crippen LogP contribution is 2.17. The number of hydrogen-bond acceptors (Lipinski definition) is 3. The lowest BCUT2D eigenvalue weighted by Crippen LogP contribution is -2.18. The van der Waals surface area contributed by atoms with Crippen LogP contribution in [0, 0.1) is 0 Å². The summed E-state index contributed by atoms with van der Waals surface area (Å²) in [5.41, 5.74) is 9.15. The molecule has 0 atom stereocenters. The molecule has 0 radical (unpaired) electrons. The van der Waals surface area contributed by atoms with Crippen LogP contribution in [-0.4, -0.2) is 18.3 Å². The lowest BCUT2D eigenvalue weighted by atomic mass is 10.0. The van der Waals surface area contributed by atoms with E-state index in [1.807, 2.05) is 12.1 Å². The van der Waals surface area contributed by atoms with Gasteiger partial charge in [-0.05, 0) is 23.6 Å². The first-order valence-electron chi connectivity index (χ1n) is 4.97. The lowest BCUT2D eigenvalue weighted by Gasteiger charge is -2.10. The Kier molecular flexibility index (Phi) is 4.43. The van der Waals surface area contributed by atoms with Gasteiger partial charge in [-0.3, -0.25) is 0 Å². The molecule has 0 unspecified atom stereocenters. The van der Waals surface area contributed by atoms with E-state index in [1.165, 1.54) is 11.1 Å². The molecule has 3 nitrogen and oxygen atoms in total. The molecule has 1 aromatic rings. The Bertz CT molecular complexity index is 287. The average Bonchev–Trinajstić information content (AvgIpc) is 2.18. The van der Waals surface area contributed by atoms with Crippen LogP contribution in [0.15, 0.2) is 18.2 Å². The van der Waals surface area contributed by atoms with E-state index in [1.54, 1.807) is 0 Å². The first-order chi connectivity index (χ1) is 6.79. The van der Waals surface area contributed by atoms with Crippen molar-refractivity contribution < 1.29 is 5.11 Å². The molecular formula is C11H18N2O. The number of nitrogens with one attached hydrogen (secondary N) is 1. The molecule has 0 aliphatic heterocycles. The summed E-state index contributed by atoms with van der Waals surface area (Å²) in [5.74, 6) is 0. The van der Waals surface area contributed by atoms with Gasteiger partial charge in [-0.1, -0.05) is 19.1 Å². The van der Waals surface area contributed by atoms with Crippen molar-refractivity contribution in [2.24, 2.45) is 0 Å². The third kappa shape index (κ3) is 2.72. The molecule has 0 aromatic heterocycles. The van der Waals surface area contributed by atoms with Crippen LogP contribution in [0.4, 0.5) is 5.69 Å². The zero-order chi connectivity index (χ0) is 10.4. The zero-order valence-corrected chi connectivity index (χ0v) is 8.59. The van der Waals surface area contributed by atoms with Gasteiger partial charge in [-0.25, -0.2) is 0 Å². The molecule has 14 heavy (non-hydrogen) atoms. The molecule has 0 amide bonds. The van der Waals surface area contributed by atoms with Crippen LogP contribution in [0.1, 0.15) is 18.1 Å². The summed E-state index contributed by atoms with van der Waals surface area (Å²) in [6.45, 7) is 3.66. The Balaban J connectivity index is 2.70. The van der Waals surface area contributed by atoms with Crippen molar-refractivity contribution in [1.29, 1.82) is 0 Å². The highest BCUT2D eigenvalue weighted by molar-refractivity contribution is 5.50. The normalized spacial score (nSPS) is 10.4. The number of nitrogens with two attached hydrogens (primary N) is 1. The standard InChI is InChI=1S/C11H18N2O/c1-2-10-9(8-13-6-7-14)4-3-5-11(10)12/h3-5,13-14H,2,6-8,12H2,1H3. The van der Waals surface area contributed by atoms with E-state index in [-0.39, 0.29) is 6.61 Å². The number of aliphatic hydroxyl groups is 1. The SMILES string of the molecule is CCc1c(N)cccc1CNCCO. The topological polar surface area (TPSA) is 58.3 Å². The molecule has 0 aliphatic carbocycles. The van der Waals surface area contributed by atoms with Crippen molar-refractivity contribution in [2.75, 3.05) is 18.9 Å². The fourth-order valence-electron chi connectivity index (χ4n) is 1.55. The molecule has 0 fully saturated rings. The summed E-state index contributed by atoms with van der Waals surface area (Å²) in [4.78, 5) is 0. The maximum absolute atomic E-state index is 8.64. The third-order valence-electron chi connectivity index (χ3n) is 2.27.